The molecule has 0 bridgehead atoms. The lowest BCUT2D eigenvalue weighted by atomic mass is 9.97. The predicted molar refractivity (Wildman–Crippen MR) is 101 cm³/mol. The third-order valence-electron chi connectivity index (χ3n) is 4.89. The van der Waals surface area contributed by atoms with Crippen LogP contribution in [0.4, 0.5) is 5.69 Å². The lowest BCUT2D eigenvalue weighted by Crippen LogP contribution is -2.46. The lowest BCUT2D eigenvalue weighted by Gasteiger charge is -2.36. The van der Waals surface area contributed by atoms with Crippen LogP contribution in [0, 0.1) is 11.3 Å². The third kappa shape index (κ3) is 4.32. The molecule has 0 N–H and O–H groups in total. The van der Waals surface area contributed by atoms with Crippen LogP contribution in [-0.2, 0) is 0 Å². The van der Waals surface area contributed by atoms with Crippen molar-refractivity contribution in [2.24, 2.45) is 0 Å². The number of piperazine rings is 1. The highest BCUT2D eigenvalue weighted by atomic mass is 16.5. The topological polar surface area (TPSA) is 39.5 Å². The van der Waals surface area contributed by atoms with E-state index in [0.29, 0.717) is 0 Å². The van der Waals surface area contributed by atoms with Crippen LogP contribution in [0.5, 0.6) is 5.75 Å². The predicted octanol–water partition coefficient (Wildman–Crippen LogP) is 3.51. The standard InChI is InChI=1S/C21H25N3O/c1-25-21-10-6-5-9-20(21)24-15-13-23(14-16-24)12-11-19(17-22)18-7-3-2-4-8-18/h2-10,19H,11-16H2,1H3. The van der Waals surface area contributed by atoms with E-state index in [2.05, 4.69) is 28.0 Å². The summed E-state index contributed by atoms with van der Waals surface area (Å²) in [5.74, 6) is 0.915. The van der Waals surface area contributed by atoms with Crippen LogP contribution in [0.3, 0.4) is 0 Å². The largest absolute Gasteiger partial charge is 0.495 e. The first-order chi connectivity index (χ1) is 12.3. The molecule has 0 saturated carbocycles. The summed E-state index contributed by atoms with van der Waals surface area (Å²) in [4.78, 5) is 4.84. The molecule has 1 heterocycles. The second-order valence-corrected chi connectivity index (χ2v) is 6.38. The average Bonchev–Trinajstić information content (AvgIpc) is 2.70. The summed E-state index contributed by atoms with van der Waals surface area (Å²) < 4.78 is 5.48. The second kappa shape index (κ2) is 8.55. The van der Waals surface area contributed by atoms with E-state index < -0.39 is 0 Å². The summed E-state index contributed by atoms with van der Waals surface area (Å²) in [7, 11) is 1.72. The van der Waals surface area contributed by atoms with E-state index in [9.17, 15) is 5.26 Å². The maximum Gasteiger partial charge on any atom is 0.142 e. The number of hydrogen-bond acceptors (Lipinski definition) is 4. The number of rotatable bonds is 6. The highest BCUT2D eigenvalue weighted by molar-refractivity contribution is 5.58. The third-order valence-corrected chi connectivity index (χ3v) is 4.89. The van der Waals surface area contributed by atoms with Gasteiger partial charge in [-0.3, -0.25) is 4.90 Å². The van der Waals surface area contributed by atoms with E-state index in [-0.39, 0.29) is 5.92 Å². The molecule has 0 radical (unpaired) electrons. The maximum absolute atomic E-state index is 9.47. The molecule has 1 fully saturated rings. The van der Waals surface area contributed by atoms with Gasteiger partial charge in [0, 0.05) is 26.2 Å². The molecule has 1 unspecified atom stereocenters. The molecule has 0 aromatic heterocycles. The van der Waals surface area contributed by atoms with E-state index in [1.54, 1.807) is 7.11 Å². The van der Waals surface area contributed by atoms with Crippen molar-refractivity contribution in [3.05, 3.63) is 60.2 Å². The number of nitrogens with zero attached hydrogens (tertiary/aromatic N) is 3. The Morgan fingerprint density at radius 1 is 1.00 bits per heavy atom. The highest BCUT2D eigenvalue weighted by Gasteiger charge is 2.20. The van der Waals surface area contributed by atoms with Gasteiger partial charge >= 0.3 is 0 Å². The normalized spacial score (nSPS) is 16.2. The maximum atomic E-state index is 9.47. The number of anilines is 1. The summed E-state index contributed by atoms with van der Waals surface area (Å²) in [6, 6.07) is 20.8. The van der Waals surface area contributed by atoms with E-state index in [1.165, 1.54) is 5.69 Å². The molecule has 3 rings (SSSR count). The zero-order valence-corrected chi connectivity index (χ0v) is 14.8. The van der Waals surface area contributed by atoms with Crippen LogP contribution in [-0.4, -0.2) is 44.7 Å². The number of methoxy groups -OCH3 is 1. The molecule has 0 amide bonds. The van der Waals surface area contributed by atoms with Gasteiger partial charge in [0.25, 0.3) is 0 Å². The van der Waals surface area contributed by atoms with Gasteiger partial charge in [-0.1, -0.05) is 42.5 Å². The average molecular weight is 335 g/mol. The first-order valence-electron chi connectivity index (χ1n) is 8.86. The minimum absolute atomic E-state index is 0.0200. The Hall–Kier alpha value is -2.51. The Morgan fingerprint density at radius 3 is 2.36 bits per heavy atom. The monoisotopic (exact) mass is 335 g/mol. The number of benzene rings is 2. The molecular weight excluding hydrogens is 310 g/mol. The molecule has 25 heavy (non-hydrogen) atoms. The van der Waals surface area contributed by atoms with Crippen molar-refractivity contribution in [3.8, 4) is 11.8 Å². The molecule has 2 aromatic carbocycles. The fourth-order valence-corrected chi connectivity index (χ4v) is 3.41. The number of nitriles is 1. The Labute approximate surface area is 150 Å². The Kier molecular flexibility index (Phi) is 5.92. The van der Waals surface area contributed by atoms with Crippen LogP contribution < -0.4 is 9.64 Å². The molecule has 130 valence electrons. The van der Waals surface area contributed by atoms with E-state index >= 15 is 0 Å². The summed E-state index contributed by atoms with van der Waals surface area (Å²) in [5, 5.41) is 9.47. The Bertz CT molecular complexity index is 703. The SMILES string of the molecule is COc1ccccc1N1CCN(CCC(C#N)c2ccccc2)CC1. The molecule has 0 spiro atoms. The molecule has 1 aliphatic heterocycles. The van der Waals surface area contributed by atoms with Gasteiger partial charge in [-0.05, 0) is 30.7 Å². The van der Waals surface area contributed by atoms with Crippen LogP contribution >= 0.6 is 0 Å². The van der Waals surface area contributed by atoms with Crippen molar-refractivity contribution in [2.75, 3.05) is 44.7 Å². The Balaban J connectivity index is 1.52. The lowest BCUT2D eigenvalue weighted by molar-refractivity contribution is 0.251. The first-order valence-corrected chi connectivity index (χ1v) is 8.86. The molecule has 1 aliphatic rings. The molecule has 2 aromatic rings. The minimum Gasteiger partial charge on any atom is -0.495 e. The molecule has 4 heteroatoms. The smallest absolute Gasteiger partial charge is 0.142 e. The van der Waals surface area contributed by atoms with Crippen LogP contribution in [0.2, 0.25) is 0 Å². The number of para-hydroxylation sites is 2. The van der Waals surface area contributed by atoms with E-state index in [1.807, 2.05) is 42.5 Å². The van der Waals surface area contributed by atoms with Gasteiger partial charge in [-0.25, -0.2) is 0 Å². The molecular formula is C21H25N3O. The van der Waals surface area contributed by atoms with Gasteiger partial charge in [-0.2, -0.15) is 5.26 Å². The quantitative estimate of drug-likeness (QED) is 0.810. The Morgan fingerprint density at radius 2 is 1.68 bits per heavy atom. The molecule has 1 atom stereocenters. The van der Waals surface area contributed by atoms with Crippen molar-refractivity contribution in [2.45, 2.75) is 12.3 Å². The van der Waals surface area contributed by atoms with Gasteiger partial charge in [0.1, 0.15) is 5.75 Å². The van der Waals surface area contributed by atoms with Gasteiger partial charge < -0.3 is 9.64 Å². The van der Waals surface area contributed by atoms with Crippen molar-refractivity contribution in [1.29, 1.82) is 5.26 Å². The van der Waals surface area contributed by atoms with E-state index in [4.69, 9.17) is 4.74 Å². The van der Waals surface area contributed by atoms with Crippen molar-refractivity contribution < 1.29 is 4.74 Å². The van der Waals surface area contributed by atoms with Crippen LogP contribution in [0.1, 0.15) is 17.9 Å². The van der Waals surface area contributed by atoms with Gasteiger partial charge in [0.15, 0.2) is 0 Å². The second-order valence-electron chi connectivity index (χ2n) is 6.38. The van der Waals surface area contributed by atoms with Crippen molar-refractivity contribution in [3.63, 3.8) is 0 Å². The summed E-state index contributed by atoms with van der Waals surface area (Å²) >= 11 is 0. The van der Waals surface area contributed by atoms with Gasteiger partial charge in [0.05, 0.1) is 24.8 Å². The zero-order valence-electron chi connectivity index (χ0n) is 14.8. The first kappa shape index (κ1) is 17.3. The zero-order chi connectivity index (χ0) is 17.5. The van der Waals surface area contributed by atoms with Crippen molar-refractivity contribution in [1.82, 2.24) is 4.90 Å². The van der Waals surface area contributed by atoms with Crippen LogP contribution in [0.15, 0.2) is 54.6 Å². The highest BCUT2D eigenvalue weighted by Crippen LogP contribution is 2.28. The summed E-state index contributed by atoms with van der Waals surface area (Å²) in [5.41, 5.74) is 2.29. The number of ether oxygens (including phenoxy) is 1. The van der Waals surface area contributed by atoms with Crippen LogP contribution in [0.25, 0.3) is 0 Å². The van der Waals surface area contributed by atoms with E-state index in [0.717, 1.165) is 50.5 Å². The molecule has 0 aliphatic carbocycles. The summed E-state index contributed by atoms with van der Waals surface area (Å²) in [6.07, 6.45) is 0.884. The molecule has 4 nitrogen and oxygen atoms in total. The minimum atomic E-state index is -0.0200. The molecule has 1 saturated heterocycles. The van der Waals surface area contributed by atoms with Gasteiger partial charge in [0.2, 0.25) is 0 Å². The fourth-order valence-electron chi connectivity index (χ4n) is 3.41. The van der Waals surface area contributed by atoms with Gasteiger partial charge in [-0.15, -0.1) is 0 Å². The number of hydrogen-bond donors (Lipinski definition) is 0. The fraction of sp³-hybridized carbons (Fsp3) is 0.381. The van der Waals surface area contributed by atoms with Crippen molar-refractivity contribution >= 4 is 5.69 Å². The summed E-state index contributed by atoms with van der Waals surface area (Å²) in [6.45, 7) is 4.98.